The molecule has 7 heteroatoms. The predicted molar refractivity (Wildman–Crippen MR) is 58.9 cm³/mol. The Hall–Kier alpha value is -1.08. The topological polar surface area (TPSA) is 36.3 Å². The van der Waals surface area contributed by atoms with Gasteiger partial charge in [-0.1, -0.05) is 0 Å². The van der Waals surface area contributed by atoms with E-state index in [1.807, 2.05) is 13.8 Å². The molecule has 18 heavy (non-hydrogen) atoms. The first kappa shape index (κ1) is 15.0. The normalized spacial score (nSPS) is 12.3. The second-order valence-electron chi connectivity index (χ2n) is 3.59. The Bertz CT molecular complexity index is 346. The molecule has 0 atom stereocenters. The van der Waals surface area contributed by atoms with Crippen LogP contribution in [0.2, 0.25) is 0 Å². The molecule has 1 heterocycles. The molecule has 0 spiro atoms. The fourth-order valence-corrected chi connectivity index (χ4v) is 1.46. The van der Waals surface area contributed by atoms with Gasteiger partial charge in [-0.2, -0.15) is 18.3 Å². The molecule has 0 unspecified atom stereocenters. The maximum Gasteiger partial charge on any atom is 0.435 e. The number of hydrogen-bond acceptors (Lipinski definition) is 3. The molecule has 1 rings (SSSR count). The molecule has 0 N–H and O–H groups in total. The summed E-state index contributed by atoms with van der Waals surface area (Å²) in [6.07, 6.45) is -3.04. The van der Waals surface area contributed by atoms with E-state index in [1.54, 1.807) is 0 Å². The first-order valence-electron chi connectivity index (χ1n) is 5.81. The lowest BCUT2D eigenvalue weighted by Gasteiger charge is -2.16. The van der Waals surface area contributed by atoms with Gasteiger partial charge in [-0.3, -0.25) is 4.68 Å². The van der Waals surface area contributed by atoms with Gasteiger partial charge in [0.1, 0.15) is 0 Å². The summed E-state index contributed by atoms with van der Waals surface area (Å²) in [6.45, 7) is 4.99. The van der Waals surface area contributed by atoms with Gasteiger partial charge in [-0.15, -0.1) is 0 Å². The van der Waals surface area contributed by atoms with Crippen molar-refractivity contribution in [3.8, 4) is 0 Å². The van der Waals surface area contributed by atoms with Gasteiger partial charge in [0.05, 0.1) is 0 Å². The molecule has 4 nitrogen and oxygen atoms in total. The zero-order valence-electron chi connectivity index (χ0n) is 10.4. The van der Waals surface area contributed by atoms with E-state index in [0.717, 1.165) is 6.07 Å². The van der Waals surface area contributed by atoms with Crippen LogP contribution in [0, 0.1) is 0 Å². The summed E-state index contributed by atoms with van der Waals surface area (Å²) in [5, 5.41) is 3.45. The van der Waals surface area contributed by atoms with Crippen molar-refractivity contribution < 1.29 is 22.6 Å². The first-order chi connectivity index (χ1) is 8.47. The summed E-state index contributed by atoms with van der Waals surface area (Å²) in [6, 6.07) is 0.955. The van der Waals surface area contributed by atoms with Crippen LogP contribution < -0.4 is 0 Å². The number of alkyl halides is 3. The van der Waals surface area contributed by atoms with Gasteiger partial charge in [-0.25, -0.2) is 0 Å². The minimum absolute atomic E-state index is 0.320. The van der Waals surface area contributed by atoms with Gasteiger partial charge in [0, 0.05) is 32.4 Å². The fourth-order valence-electron chi connectivity index (χ4n) is 1.46. The minimum Gasteiger partial charge on any atom is -0.353 e. The standard InChI is InChI=1S/C11H17F3N2O2/c1-3-17-10(18-4-2)6-8-16-7-5-9(15-16)11(12,13)14/h5,7,10H,3-4,6,8H2,1-2H3. The van der Waals surface area contributed by atoms with Gasteiger partial charge in [0.15, 0.2) is 12.0 Å². The lowest BCUT2D eigenvalue weighted by Crippen LogP contribution is -2.20. The zero-order chi connectivity index (χ0) is 13.6. The summed E-state index contributed by atoms with van der Waals surface area (Å²) in [5.41, 5.74) is -0.883. The molecular formula is C11H17F3N2O2. The largest absolute Gasteiger partial charge is 0.435 e. The number of ether oxygens (including phenoxy) is 2. The van der Waals surface area contributed by atoms with E-state index >= 15 is 0 Å². The maximum atomic E-state index is 12.3. The van der Waals surface area contributed by atoms with Crippen LogP contribution in [0.4, 0.5) is 13.2 Å². The van der Waals surface area contributed by atoms with Crippen LogP contribution in [0.15, 0.2) is 12.3 Å². The Labute approximate surface area is 104 Å². The molecule has 0 radical (unpaired) electrons. The predicted octanol–water partition coefficient (Wildman–Crippen LogP) is 2.69. The highest BCUT2D eigenvalue weighted by atomic mass is 19.4. The lowest BCUT2D eigenvalue weighted by atomic mass is 10.4. The molecule has 0 amide bonds. The summed E-state index contributed by atoms with van der Waals surface area (Å²) in [5.74, 6) is 0. The SMILES string of the molecule is CCOC(CCn1ccc(C(F)(F)F)n1)OCC. The molecule has 0 aliphatic heterocycles. The monoisotopic (exact) mass is 266 g/mol. The van der Waals surface area contributed by atoms with Crippen molar-refractivity contribution in [1.29, 1.82) is 0 Å². The van der Waals surface area contributed by atoms with Crippen LogP contribution in [-0.2, 0) is 22.2 Å². The third-order valence-corrected chi connectivity index (χ3v) is 2.23. The van der Waals surface area contributed by atoms with Gasteiger partial charge < -0.3 is 9.47 Å². The van der Waals surface area contributed by atoms with Crippen LogP contribution in [0.3, 0.4) is 0 Å². The van der Waals surface area contributed by atoms with E-state index in [2.05, 4.69) is 5.10 Å². The Morgan fingerprint density at radius 1 is 1.28 bits per heavy atom. The molecule has 0 saturated carbocycles. The van der Waals surface area contributed by atoms with Crippen molar-refractivity contribution >= 4 is 0 Å². The van der Waals surface area contributed by atoms with Crippen molar-refractivity contribution in [3.05, 3.63) is 18.0 Å². The zero-order valence-corrected chi connectivity index (χ0v) is 10.4. The summed E-state index contributed by atoms with van der Waals surface area (Å²) in [7, 11) is 0. The average molecular weight is 266 g/mol. The third kappa shape index (κ3) is 4.66. The summed E-state index contributed by atoms with van der Waals surface area (Å²) < 4.78 is 48.8. The van der Waals surface area contributed by atoms with Gasteiger partial charge in [0.25, 0.3) is 0 Å². The number of hydrogen-bond donors (Lipinski definition) is 0. The van der Waals surface area contributed by atoms with E-state index in [9.17, 15) is 13.2 Å². The first-order valence-corrected chi connectivity index (χ1v) is 5.81. The van der Waals surface area contributed by atoms with Crippen LogP contribution in [0.5, 0.6) is 0 Å². The number of aryl methyl sites for hydroxylation is 1. The van der Waals surface area contributed by atoms with E-state index in [0.29, 0.717) is 26.2 Å². The smallest absolute Gasteiger partial charge is 0.353 e. The van der Waals surface area contributed by atoms with Gasteiger partial charge in [0.2, 0.25) is 0 Å². The molecule has 0 aliphatic carbocycles. The van der Waals surface area contributed by atoms with Crippen LogP contribution in [0.1, 0.15) is 26.0 Å². The Morgan fingerprint density at radius 2 is 1.89 bits per heavy atom. The number of aromatic nitrogens is 2. The quantitative estimate of drug-likeness (QED) is 0.712. The third-order valence-electron chi connectivity index (χ3n) is 2.23. The number of halogens is 3. The van der Waals surface area contributed by atoms with Crippen molar-refractivity contribution in [1.82, 2.24) is 9.78 Å². The molecule has 0 saturated heterocycles. The minimum atomic E-state index is -4.40. The van der Waals surface area contributed by atoms with Crippen LogP contribution >= 0.6 is 0 Å². The van der Waals surface area contributed by atoms with Crippen LogP contribution in [-0.4, -0.2) is 29.3 Å². The number of rotatable bonds is 7. The Kier molecular flexibility index (Phi) is 5.61. The van der Waals surface area contributed by atoms with Gasteiger partial charge in [-0.05, 0) is 19.9 Å². The fraction of sp³-hybridized carbons (Fsp3) is 0.727. The highest BCUT2D eigenvalue weighted by Crippen LogP contribution is 2.27. The summed E-state index contributed by atoms with van der Waals surface area (Å²) >= 11 is 0. The second-order valence-corrected chi connectivity index (χ2v) is 3.59. The molecular weight excluding hydrogens is 249 g/mol. The van der Waals surface area contributed by atoms with Crippen LogP contribution in [0.25, 0.3) is 0 Å². The maximum absolute atomic E-state index is 12.3. The van der Waals surface area contributed by atoms with E-state index in [-0.39, 0.29) is 0 Å². The number of nitrogens with zero attached hydrogens (tertiary/aromatic N) is 2. The molecule has 0 aliphatic rings. The van der Waals surface area contributed by atoms with Crippen molar-refractivity contribution in [2.75, 3.05) is 13.2 Å². The van der Waals surface area contributed by atoms with Gasteiger partial charge >= 0.3 is 6.18 Å². The Balaban J connectivity index is 2.49. The second kappa shape index (κ2) is 6.75. The molecule has 104 valence electrons. The van der Waals surface area contributed by atoms with E-state index < -0.39 is 18.2 Å². The van der Waals surface area contributed by atoms with Crippen molar-refractivity contribution in [2.45, 2.75) is 39.3 Å². The Morgan fingerprint density at radius 3 is 2.33 bits per heavy atom. The molecule has 0 fully saturated rings. The molecule has 1 aromatic rings. The molecule has 0 bridgehead atoms. The highest BCUT2D eigenvalue weighted by molar-refractivity contribution is 5.03. The average Bonchev–Trinajstić information content (AvgIpc) is 2.75. The molecule has 1 aromatic heterocycles. The molecule has 0 aromatic carbocycles. The van der Waals surface area contributed by atoms with E-state index in [4.69, 9.17) is 9.47 Å². The summed E-state index contributed by atoms with van der Waals surface area (Å²) in [4.78, 5) is 0. The van der Waals surface area contributed by atoms with Crippen molar-refractivity contribution in [3.63, 3.8) is 0 Å². The van der Waals surface area contributed by atoms with E-state index in [1.165, 1.54) is 10.9 Å². The highest BCUT2D eigenvalue weighted by Gasteiger charge is 2.33. The lowest BCUT2D eigenvalue weighted by molar-refractivity contribution is -0.143. The van der Waals surface area contributed by atoms with Crippen molar-refractivity contribution in [2.24, 2.45) is 0 Å².